The molecule has 0 radical (unpaired) electrons. The van der Waals surface area contributed by atoms with Crippen LogP contribution < -0.4 is 9.46 Å². The van der Waals surface area contributed by atoms with Crippen molar-refractivity contribution in [2.24, 2.45) is 0 Å². The average molecular weight is 409 g/mol. The van der Waals surface area contributed by atoms with Crippen molar-refractivity contribution in [3.8, 4) is 5.75 Å². The maximum absolute atomic E-state index is 13.6. The van der Waals surface area contributed by atoms with Crippen molar-refractivity contribution in [2.45, 2.75) is 38.3 Å². The number of para-hydroxylation sites is 2. The molecule has 150 valence electrons. The zero-order valence-electron chi connectivity index (χ0n) is 15.7. The quantitative estimate of drug-likeness (QED) is 0.635. The molecule has 1 aromatic heterocycles. The number of fused-ring (bicyclic) bond motifs is 1. The monoisotopic (exact) mass is 409 g/mol. The lowest BCUT2D eigenvalue weighted by Crippen LogP contribution is -2.29. The first-order valence-corrected chi connectivity index (χ1v) is 10.2. The molecule has 2 aromatic carbocycles. The molecule has 3 aromatic rings. The molecule has 6 nitrogen and oxygen atoms in total. The number of rotatable bonds is 7. The Morgan fingerprint density at radius 3 is 2.57 bits per heavy atom. The lowest BCUT2D eigenvalue weighted by molar-refractivity contribution is 0.0702. The van der Waals surface area contributed by atoms with Gasteiger partial charge in [-0.1, -0.05) is 12.1 Å². The highest BCUT2D eigenvalue weighted by Gasteiger charge is 2.26. The van der Waals surface area contributed by atoms with Crippen LogP contribution in [0.4, 0.5) is 8.78 Å². The summed E-state index contributed by atoms with van der Waals surface area (Å²) >= 11 is 0. The molecular formula is C19H21F2N3O3S. The van der Waals surface area contributed by atoms with E-state index in [0.29, 0.717) is 23.4 Å². The van der Waals surface area contributed by atoms with Crippen molar-refractivity contribution in [3.63, 3.8) is 0 Å². The largest absolute Gasteiger partial charge is 0.494 e. The van der Waals surface area contributed by atoms with E-state index in [-0.39, 0.29) is 16.2 Å². The Morgan fingerprint density at radius 2 is 1.93 bits per heavy atom. The van der Waals surface area contributed by atoms with Gasteiger partial charge in [0, 0.05) is 0 Å². The molecule has 1 unspecified atom stereocenters. The Morgan fingerprint density at radius 1 is 1.21 bits per heavy atom. The van der Waals surface area contributed by atoms with Gasteiger partial charge in [0.1, 0.15) is 11.6 Å². The fourth-order valence-corrected chi connectivity index (χ4v) is 4.53. The van der Waals surface area contributed by atoms with Gasteiger partial charge in [-0.2, -0.15) is 8.78 Å². The van der Waals surface area contributed by atoms with Gasteiger partial charge in [0.05, 0.1) is 28.6 Å². The number of aromatic nitrogens is 2. The lowest BCUT2D eigenvalue weighted by atomic mass is 10.2. The van der Waals surface area contributed by atoms with Gasteiger partial charge in [-0.15, -0.1) is 0 Å². The van der Waals surface area contributed by atoms with Crippen molar-refractivity contribution >= 4 is 21.1 Å². The predicted molar refractivity (Wildman–Crippen MR) is 102 cm³/mol. The number of sulfonamides is 1. The van der Waals surface area contributed by atoms with Crippen LogP contribution in [0.5, 0.6) is 5.75 Å². The van der Waals surface area contributed by atoms with Crippen molar-refractivity contribution in [3.05, 3.63) is 53.9 Å². The molecule has 0 aliphatic rings. The highest BCUT2D eigenvalue weighted by molar-refractivity contribution is 7.89. The van der Waals surface area contributed by atoms with Gasteiger partial charge in [-0.25, -0.2) is 18.1 Å². The van der Waals surface area contributed by atoms with E-state index in [1.54, 1.807) is 37.3 Å². The summed E-state index contributed by atoms with van der Waals surface area (Å²) in [5, 5.41) is 0. The van der Waals surface area contributed by atoms with Gasteiger partial charge >= 0.3 is 6.55 Å². The van der Waals surface area contributed by atoms with Crippen LogP contribution in [0.2, 0.25) is 0 Å². The molecule has 3 rings (SSSR count). The fourth-order valence-electron chi connectivity index (χ4n) is 3.10. The lowest BCUT2D eigenvalue weighted by Gasteiger charge is -2.17. The molecule has 9 heteroatoms. The second-order valence-corrected chi connectivity index (χ2v) is 7.99. The summed E-state index contributed by atoms with van der Waals surface area (Å²) < 4.78 is 61.5. The number of nitrogens with zero attached hydrogens (tertiary/aromatic N) is 2. The number of benzene rings is 2. The van der Waals surface area contributed by atoms with Gasteiger partial charge in [-0.3, -0.25) is 4.57 Å². The Hall–Kier alpha value is -2.52. The molecule has 0 saturated carbocycles. The molecular weight excluding hydrogens is 388 g/mol. The highest BCUT2D eigenvalue weighted by Crippen LogP contribution is 2.28. The standard InChI is InChI=1S/C19H21F2N3O3S/c1-4-27-14-9-10-17(12(2)11-14)28(25,26)23-13(3)18-22-15-7-5-6-8-16(15)24(18)19(20)21/h5-11,13,19,23H,4H2,1-3H3. The second kappa shape index (κ2) is 7.84. The van der Waals surface area contributed by atoms with Gasteiger partial charge in [-0.05, 0) is 56.7 Å². The number of hydrogen-bond acceptors (Lipinski definition) is 4. The van der Waals surface area contributed by atoms with Crippen LogP contribution in [0.15, 0.2) is 47.4 Å². The van der Waals surface area contributed by atoms with Crippen molar-refractivity contribution in [2.75, 3.05) is 6.61 Å². The zero-order valence-corrected chi connectivity index (χ0v) is 16.5. The first-order chi connectivity index (χ1) is 13.2. The number of alkyl halides is 2. The van der Waals surface area contributed by atoms with Crippen LogP contribution >= 0.6 is 0 Å². The van der Waals surface area contributed by atoms with E-state index < -0.39 is 22.6 Å². The van der Waals surface area contributed by atoms with Gasteiger partial charge in [0.25, 0.3) is 0 Å². The summed E-state index contributed by atoms with van der Waals surface area (Å²) in [6.45, 7) is 2.59. The third kappa shape index (κ3) is 3.85. The van der Waals surface area contributed by atoms with Gasteiger partial charge < -0.3 is 4.74 Å². The van der Waals surface area contributed by atoms with E-state index in [1.165, 1.54) is 19.1 Å². The average Bonchev–Trinajstić information content (AvgIpc) is 3.01. The molecule has 0 fully saturated rings. The summed E-state index contributed by atoms with van der Waals surface area (Å²) in [4.78, 5) is 4.27. The minimum absolute atomic E-state index is 0.0524. The van der Waals surface area contributed by atoms with Crippen LogP contribution in [-0.2, 0) is 10.0 Å². The van der Waals surface area contributed by atoms with Gasteiger partial charge in [0.2, 0.25) is 10.0 Å². The topological polar surface area (TPSA) is 73.2 Å². The summed E-state index contributed by atoms with van der Waals surface area (Å²) in [5.74, 6) is 0.509. The van der Waals surface area contributed by atoms with E-state index in [0.717, 1.165) is 4.57 Å². The van der Waals surface area contributed by atoms with E-state index in [9.17, 15) is 17.2 Å². The molecule has 1 atom stereocenters. The normalized spacial score (nSPS) is 13.2. The van der Waals surface area contributed by atoms with Crippen molar-refractivity contribution < 1.29 is 21.9 Å². The first kappa shape index (κ1) is 20.2. The summed E-state index contributed by atoms with van der Waals surface area (Å²) in [5.41, 5.74) is 1.12. The number of imidazole rings is 1. The predicted octanol–water partition coefficient (Wildman–Crippen LogP) is 4.18. The molecule has 0 bridgehead atoms. The first-order valence-electron chi connectivity index (χ1n) is 8.75. The second-order valence-electron chi connectivity index (χ2n) is 6.31. The zero-order chi connectivity index (χ0) is 20.5. The van der Waals surface area contributed by atoms with E-state index in [1.807, 2.05) is 6.92 Å². The van der Waals surface area contributed by atoms with Crippen LogP contribution in [0.3, 0.4) is 0 Å². The number of aryl methyl sites for hydroxylation is 1. The Kier molecular flexibility index (Phi) is 5.66. The van der Waals surface area contributed by atoms with Crippen molar-refractivity contribution in [1.82, 2.24) is 14.3 Å². The molecule has 1 heterocycles. The number of halogens is 2. The van der Waals surface area contributed by atoms with Crippen LogP contribution in [0.25, 0.3) is 11.0 Å². The van der Waals surface area contributed by atoms with Crippen molar-refractivity contribution in [1.29, 1.82) is 0 Å². The number of nitrogens with one attached hydrogen (secondary N) is 1. The minimum atomic E-state index is -3.95. The van der Waals surface area contributed by atoms with E-state index in [2.05, 4.69) is 9.71 Å². The number of hydrogen-bond donors (Lipinski definition) is 1. The number of ether oxygens (including phenoxy) is 1. The maximum atomic E-state index is 13.6. The molecule has 0 aliphatic carbocycles. The van der Waals surface area contributed by atoms with E-state index in [4.69, 9.17) is 4.74 Å². The molecule has 28 heavy (non-hydrogen) atoms. The smallest absolute Gasteiger partial charge is 0.320 e. The molecule has 0 spiro atoms. The molecule has 0 amide bonds. The summed E-state index contributed by atoms with van der Waals surface area (Å²) in [7, 11) is -3.95. The Bertz CT molecular complexity index is 1100. The van der Waals surface area contributed by atoms with Gasteiger partial charge in [0.15, 0.2) is 0 Å². The third-order valence-corrected chi connectivity index (χ3v) is 5.99. The third-order valence-electron chi connectivity index (χ3n) is 4.28. The SMILES string of the molecule is CCOc1ccc(S(=O)(=O)NC(C)c2nc3ccccc3n2C(F)F)c(C)c1. The molecule has 0 saturated heterocycles. The van der Waals surface area contributed by atoms with Crippen LogP contribution in [0.1, 0.15) is 37.8 Å². The molecule has 0 aliphatic heterocycles. The summed E-state index contributed by atoms with van der Waals surface area (Å²) in [6.07, 6.45) is 0. The Labute approximate surface area is 162 Å². The minimum Gasteiger partial charge on any atom is -0.494 e. The van der Waals surface area contributed by atoms with E-state index >= 15 is 0 Å². The molecule has 1 N–H and O–H groups in total. The highest BCUT2D eigenvalue weighted by atomic mass is 32.2. The fraction of sp³-hybridized carbons (Fsp3) is 0.316. The van der Waals surface area contributed by atoms with Crippen LogP contribution in [0, 0.1) is 6.92 Å². The van der Waals surface area contributed by atoms with Crippen LogP contribution in [-0.4, -0.2) is 24.6 Å². The summed E-state index contributed by atoms with van der Waals surface area (Å²) in [6, 6.07) is 10.1. The Balaban J connectivity index is 1.95. The maximum Gasteiger partial charge on any atom is 0.320 e.